The van der Waals surface area contributed by atoms with Gasteiger partial charge >= 0.3 is 0 Å². The van der Waals surface area contributed by atoms with Gasteiger partial charge in [0, 0.05) is 44.9 Å². The third-order valence-corrected chi connectivity index (χ3v) is 3.00. The van der Waals surface area contributed by atoms with Crippen LogP contribution in [0.2, 0.25) is 0 Å². The summed E-state index contributed by atoms with van der Waals surface area (Å²) in [6.07, 6.45) is 1.12. The summed E-state index contributed by atoms with van der Waals surface area (Å²) < 4.78 is 10.8. The van der Waals surface area contributed by atoms with Crippen LogP contribution in [0, 0.1) is 0 Å². The Balaban J connectivity index is 2.44. The van der Waals surface area contributed by atoms with Gasteiger partial charge in [-0.3, -0.25) is 4.90 Å². The molecule has 0 aromatic heterocycles. The molecule has 1 fully saturated rings. The van der Waals surface area contributed by atoms with Gasteiger partial charge in [-0.2, -0.15) is 0 Å². The Morgan fingerprint density at radius 3 is 2.71 bits per heavy atom. The third-order valence-electron chi connectivity index (χ3n) is 3.00. The minimum atomic E-state index is 0.161. The van der Waals surface area contributed by atoms with Gasteiger partial charge in [0.25, 0.3) is 0 Å². The van der Waals surface area contributed by atoms with Gasteiger partial charge < -0.3 is 14.8 Å². The molecule has 1 aliphatic rings. The van der Waals surface area contributed by atoms with E-state index in [1.165, 1.54) is 0 Å². The van der Waals surface area contributed by atoms with E-state index in [4.69, 9.17) is 9.47 Å². The van der Waals surface area contributed by atoms with Gasteiger partial charge in [-0.05, 0) is 27.2 Å². The molecular weight excluding hydrogens is 216 g/mol. The molecule has 0 aromatic rings. The quantitative estimate of drug-likeness (QED) is 0.785. The number of rotatable bonds is 5. The summed E-state index contributed by atoms with van der Waals surface area (Å²) in [5.41, 5.74) is 0.161. The molecule has 1 N–H and O–H groups in total. The van der Waals surface area contributed by atoms with Crippen molar-refractivity contribution in [2.24, 2.45) is 0 Å². The van der Waals surface area contributed by atoms with E-state index in [9.17, 15) is 0 Å². The number of ether oxygens (including phenoxy) is 2. The molecule has 0 saturated carbocycles. The van der Waals surface area contributed by atoms with Gasteiger partial charge in [-0.25, -0.2) is 0 Å². The summed E-state index contributed by atoms with van der Waals surface area (Å²) >= 11 is 0. The molecule has 102 valence electrons. The van der Waals surface area contributed by atoms with E-state index < -0.39 is 0 Å². The maximum atomic E-state index is 5.50. The van der Waals surface area contributed by atoms with E-state index in [0.717, 1.165) is 45.9 Å². The minimum Gasteiger partial charge on any atom is -0.383 e. The fraction of sp³-hybridized carbons (Fsp3) is 1.00. The Morgan fingerprint density at radius 2 is 2.06 bits per heavy atom. The Morgan fingerprint density at radius 1 is 1.29 bits per heavy atom. The second-order valence-electron chi connectivity index (χ2n) is 5.74. The summed E-state index contributed by atoms with van der Waals surface area (Å²) in [5, 5.41) is 3.56. The molecule has 0 amide bonds. The zero-order valence-corrected chi connectivity index (χ0v) is 11.8. The number of hydrogen-bond donors (Lipinski definition) is 1. The topological polar surface area (TPSA) is 33.7 Å². The second kappa shape index (κ2) is 7.31. The van der Waals surface area contributed by atoms with Crippen molar-refractivity contribution in [1.82, 2.24) is 10.2 Å². The van der Waals surface area contributed by atoms with Crippen LogP contribution in [0.5, 0.6) is 0 Å². The van der Waals surface area contributed by atoms with Gasteiger partial charge in [-0.15, -0.1) is 0 Å². The molecule has 4 nitrogen and oxygen atoms in total. The van der Waals surface area contributed by atoms with Gasteiger partial charge in [0.15, 0.2) is 0 Å². The highest BCUT2D eigenvalue weighted by Gasteiger charge is 2.21. The molecule has 0 spiro atoms. The van der Waals surface area contributed by atoms with E-state index in [2.05, 4.69) is 31.0 Å². The zero-order chi connectivity index (χ0) is 12.7. The average molecular weight is 244 g/mol. The van der Waals surface area contributed by atoms with Crippen LogP contribution in [0.3, 0.4) is 0 Å². The van der Waals surface area contributed by atoms with Crippen molar-refractivity contribution in [2.45, 2.75) is 38.8 Å². The highest BCUT2D eigenvalue weighted by Crippen LogP contribution is 2.07. The first-order valence-electron chi connectivity index (χ1n) is 6.58. The molecule has 0 bridgehead atoms. The largest absolute Gasteiger partial charge is 0.383 e. The van der Waals surface area contributed by atoms with Crippen LogP contribution < -0.4 is 5.32 Å². The first-order valence-corrected chi connectivity index (χ1v) is 6.58. The van der Waals surface area contributed by atoms with Crippen LogP contribution in [0.15, 0.2) is 0 Å². The zero-order valence-electron chi connectivity index (χ0n) is 11.8. The summed E-state index contributed by atoms with van der Waals surface area (Å²) in [5.74, 6) is 0. The van der Waals surface area contributed by atoms with Crippen molar-refractivity contribution in [3.05, 3.63) is 0 Å². The Labute approximate surface area is 106 Å². The minimum absolute atomic E-state index is 0.161. The first-order chi connectivity index (χ1) is 8.03. The Hall–Kier alpha value is -0.160. The molecule has 1 heterocycles. The predicted octanol–water partition coefficient (Wildman–Crippen LogP) is 1.11. The predicted molar refractivity (Wildman–Crippen MR) is 70.4 cm³/mol. The normalized spacial score (nSPS) is 21.2. The summed E-state index contributed by atoms with van der Waals surface area (Å²) in [4.78, 5) is 2.48. The maximum Gasteiger partial charge on any atom is 0.0630 e. The van der Waals surface area contributed by atoms with Gasteiger partial charge in [0.2, 0.25) is 0 Å². The van der Waals surface area contributed by atoms with Crippen LogP contribution in [-0.4, -0.2) is 63.0 Å². The van der Waals surface area contributed by atoms with Crippen LogP contribution in [-0.2, 0) is 9.47 Å². The van der Waals surface area contributed by atoms with Crippen LogP contribution in [0.4, 0.5) is 0 Å². The number of hydrogen-bond acceptors (Lipinski definition) is 4. The van der Waals surface area contributed by atoms with Crippen molar-refractivity contribution >= 4 is 0 Å². The lowest BCUT2D eigenvalue weighted by molar-refractivity contribution is 0.0792. The van der Waals surface area contributed by atoms with E-state index in [-0.39, 0.29) is 5.54 Å². The third kappa shape index (κ3) is 6.36. The van der Waals surface area contributed by atoms with Gasteiger partial charge in [0.05, 0.1) is 13.2 Å². The molecule has 1 aliphatic heterocycles. The molecule has 17 heavy (non-hydrogen) atoms. The lowest BCUT2D eigenvalue weighted by atomic mass is 10.1. The molecule has 1 atom stereocenters. The van der Waals surface area contributed by atoms with E-state index >= 15 is 0 Å². The second-order valence-corrected chi connectivity index (χ2v) is 5.74. The van der Waals surface area contributed by atoms with Crippen molar-refractivity contribution in [3.63, 3.8) is 0 Å². The molecule has 0 radical (unpaired) electrons. The lowest BCUT2D eigenvalue weighted by Crippen LogP contribution is -2.50. The molecule has 0 aliphatic carbocycles. The summed E-state index contributed by atoms with van der Waals surface area (Å²) in [6, 6.07) is 0.445. The lowest BCUT2D eigenvalue weighted by Gasteiger charge is -2.32. The van der Waals surface area contributed by atoms with E-state index in [1.807, 2.05) is 0 Å². The van der Waals surface area contributed by atoms with Gasteiger partial charge in [-0.1, -0.05) is 0 Å². The van der Waals surface area contributed by atoms with Crippen LogP contribution in [0.25, 0.3) is 0 Å². The van der Waals surface area contributed by atoms with Crippen LogP contribution in [0.1, 0.15) is 27.2 Å². The van der Waals surface area contributed by atoms with Crippen molar-refractivity contribution in [3.8, 4) is 0 Å². The SMILES string of the molecule is COCC(CNC(C)(C)C)N1CCCOCC1. The molecule has 1 saturated heterocycles. The van der Waals surface area contributed by atoms with Crippen molar-refractivity contribution in [2.75, 3.05) is 46.6 Å². The van der Waals surface area contributed by atoms with E-state index in [0.29, 0.717) is 6.04 Å². The molecule has 1 unspecified atom stereocenters. The highest BCUT2D eigenvalue weighted by molar-refractivity contribution is 4.79. The smallest absolute Gasteiger partial charge is 0.0630 e. The first kappa shape index (κ1) is 14.9. The Bertz CT molecular complexity index is 196. The molecule has 0 aromatic carbocycles. The average Bonchev–Trinajstić information content (AvgIpc) is 2.51. The molecule has 1 rings (SSSR count). The number of nitrogens with one attached hydrogen (secondary N) is 1. The molecule has 4 heteroatoms. The van der Waals surface area contributed by atoms with E-state index in [1.54, 1.807) is 7.11 Å². The van der Waals surface area contributed by atoms with Crippen molar-refractivity contribution in [1.29, 1.82) is 0 Å². The molecular formula is C13H28N2O2. The summed E-state index contributed by atoms with van der Waals surface area (Å²) in [7, 11) is 1.78. The van der Waals surface area contributed by atoms with Crippen molar-refractivity contribution < 1.29 is 9.47 Å². The fourth-order valence-corrected chi connectivity index (χ4v) is 2.04. The van der Waals surface area contributed by atoms with Crippen LogP contribution >= 0.6 is 0 Å². The Kier molecular flexibility index (Phi) is 6.41. The standard InChI is InChI=1S/C13H28N2O2/c1-13(2,3)14-10-12(11-16-4)15-6-5-8-17-9-7-15/h12,14H,5-11H2,1-4H3. The number of methoxy groups -OCH3 is 1. The number of nitrogens with zero attached hydrogens (tertiary/aromatic N) is 1. The fourth-order valence-electron chi connectivity index (χ4n) is 2.04. The monoisotopic (exact) mass is 244 g/mol. The maximum absolute atomic E-state index is 5.50. The highest BCUT2D eigenvalue weighted by atomic mass is 16.5. The summed E-state index contributed by atoms with van der Waals surface area (Å²) in [6.45, 7) is 12.2. The van der Waals surface area contributed by atoms with Gasteiger partial charge in [0.1, 0.15) is 0 Å².